The zero-order valence-corrected chi connectivity index (χ0v) is 10.6. The number of ether oxygens (including phenoxy) is 1. The van der Waals surface area contributed by atoms with Gasteiger partial charge in [0.05, 0.1) is 11.6 Å². The highest BCUT2D eigenvalue weighted by Crippen LogP contribution is 2.26. The molecule has 0 saturated carbocycles. The van der Waals surface area contributed by atoms with E-state index in [4.69, 9.17) is 21.4 Å². The van der Waals surface area contributed by atoms with Gasteiger partial charge >= 0.3 is 0 Å². The maximum atomic E-state index is 9.08. The van der Waals surface area contributed by atoms with Crippen molar-refractivity contribution in [3.05, 3.63) is 21.3 Å². The summed E-state index contributed by atoms with van der Waals surface area (Å²) in [7, 11) is 0. The zero-order chi connectivity index (χ0) is 11.4. The van der Waals surface area contributed by atoms with Crippen molar-refractivity contribution < 1.29 is 9.84 Å². The van der Waals surface area contributed by atoms with Gasteiger partial charge in [-0.3, -0.25) is 0 Å². The molecule has 3 nitrogen and oxygen atoms in total. The van der Waals surface area contributed by atoms with Gasteiger partial charge in [0.2, 0.25) is 0 Å². The van der Waals surface area contributed by atoms with E-state index >= 15 is 0 Å². The van der Waals surface area contributed by atoms with Gasteiger partial charge in [0, 0.05) is 30.2 Å². The van der Waals surface area contributed by atoms with Crippen LogP contribution in [0.1, 0.15) is 17.7 Å². The Hall–Kier alpha value is -0.130. The van der Waals surface area contributed by atoms with E-state index in [-0.39, 0.29) is 12.1 Å². The number of rotatable bonds is 5. The number of thiophene rings is 1. The molecule has 1 aromatic heterocycles. The summed E-state index contributed by atoms with van der Waals surface area (Å²) in [4.78, 5) is 1.14. The van der Waals surface area contributed by atoms with Gasteiger partial charge in [-0.25, -0.2) is 0 Å². The van der Waals surface area contributed by atoms with Crippen molar-refractivity contribution in [2.24, 2.45) is 0 Å². The lowest BCUT2D eigenvalue weighted by molar-refractivity contribution is 0.146. The van der Waals surface area contributed by atoms with Gasteiger partial charge in [-0.05, 0) is 24.3 Å². The summed E-state index contributed by atoms with van der Waals surface area (Å²) in [5.41, 5.74) is -0.0674. The highest BCUT2D eigenvalue weighted by atomic mass is 35.5. The summed E-state index contributed by atoms with van der Waals surface area (Å²) in [5, 5.41) is 15.4. The molecule has 1 atom stereocenters. The molecule has 90 valence electrons. The molecule has 1 aliphatic heterocycles. The largest absolute Gasteiger partial charge is 0.396 e. The second kappa shape index (κ2) is 5.47. The molecular formula is C11H16ClNO2S. The van der Waals surface area contributed by atoms with Gasteiger partial charge in [-0.15, -0.1) is 11.3 Å². The summed E-state index contributed by atoms with van der Waals surface area (Å²) >= 11 is 7.69. The number of aliphatic hydroxyl groups excluding tert-OH is 1. The van der Waals surface area contributed by atoms with Crippen LogP contribution in [-0.4, -0.2) is 30.5 Å². The Morgan fingerprint density at radius 3 is 3.06 bits per heavy atom. The van der Waals surface area contributed by atoms with Crippen LogP contribution in [0.25, 0.3) is 0 Å². The molecule has 0 aromatic carbocycles. The Morgan fingerprint density at radius 1 is 1.62 bits per heavy atom. The maximum Gasteiger partial charge on any atom is 0.0650 e. The molecule has 5 heteroatoms. The van der Waals surface area contributed by atoms with Crippen LogP contribution in [0.3, 0.4) is 0 Å². The minimum absolute atomic E-state index is 0.0674. The standard InChI is InChI=1S/C11H16ClNO2S/c12-9-1-6-16-10(9)7-13-11(2-4-14)3-5-15-8-11/h1,6,13-14H,2-5,7-8H2. The van der Waals surface area contributed by atoms with E-state index in [2.05, 4.69) is 5.32 Å². The molecule has 0 spiro atoms. The van der Waals surface area contributed by atoms with Gasteiger partial charge in [-0.1, -0.05) is 11.6 Å². The van der Waals surface area contributed by atoms with Crippen molar-refractivity contribution in [1.29, 1.82) is 0 Å². The van der Waals surface area contributed by atoms with Crippen LogP contribution in [0.15, 0.2) is 11.4 Å². The number of nitrogens with one attached hydrogen (secondary N) is 1. The van der Waals surface area contributed by atoms with Gasteiger partial charge in [0.1, 0.15) is 0 Å². The summed E-state index contributed by atoms with van der Waals surface area (Å²) in [6, 6.07) is 1.91. The number of hydrogen-bond acceptors (Lipinski definition) is 4. The lowest BCUT2D eigenvalue weighted by Crippen LogP contribution is -2.46. The molecule has 0 amide bonds. The fourth-order valence-electron chi connectivity index (χ4n) is 1.97. The van der Waals surface area contributed by atoms with Gasteiger partial charge in [-0.2, -0.15) is 0 Å². The Labute approximate surface area is 104 Å². The van der Waals surface area contributed by atoms with Crippen molar-refractivity contribution in [3.63, 3.8) is 0 Å². The van der Waals surface area contributed by atoms with Gasteiger partial charge in [0.25, 0.3) is 0 Å². The van der Waals surface area contributed by atoms with Crippen LogP contribution in [0.4, 0.5) is 0 Å². The quantitative estimate of drug-likeness (QED) is 0.852. The molecule has 1 unspecified atom stereocenters. The van der Waals surface area contributed by atoms with Crippen molar-refractivity contribution in [3.8, 4) is 0 Å². The Kier molecular flexibility index (Phi) is 4.21. The minimum Gasteiger partial charge on any atom is -0.396 e. The first kappa shape index (κ1) is 12.3. The molecule has 0 aliphatic carbocycles. The first-order valence-corrected chi connectivity index (χ1v) is 6.67. The third kappa shape index (κ3) is 2.76. The molecular weight excluding hydrogens is 246 g/mol. The zero-order valence-electron chi connectivity index (χ0n) is 9.04. The topological polar surface area (TPSA) is 41.5 Å². The third-order valence-corrected chi connectivity index (χ3v) is 4.40. The summed E-state index contributed by atoms with van der Waals surface area (Å²) < 4.78 is 5.41. The number of hydrogen-bond donors (Lipinski definition) is 2. The first-order valence-electron chi connectivity index (χ1n) is 5.41. The van der Waals surface area contributed by atoms with E-state index in [9.17, 15) is 0 Å². The lowest BCUT2D eigenvalue weighted by Gasteiger charge is -2.28. The highest BCUT2D eigenvalue weighted by molar-refractivity contribution is 7.10. The first-order chi connectivity index (χ1) is 7.76. The van der Waals surface area contributed by atoms with Crippen LogP contribution in [0.2, 0.25) is 5.02 Å². The Bertz CT molecular complexity index is 336. The molecule has 1 saturated heterocycles. The Morgan fingerprint density at radius 2 is 2.50 bits per heavy atom. The van der Waals surface area contributed by atoms with Crippen molar-refractivity contribution in [2.45, 2.75) is 24.9 Å². The fourth-order valence-corrected chi connectivity index (χ4v) is 3.01. The predicted octanol–water partition coefficient (Wildman–Crippen LogP) is 2.03. The molecule has 2 heterocycles. The lowest BCUT2D eigenvalue weighted by atomic mass is 9.95. The van der Waals surface area contributed by atoms with Crippen LogP contribution in [0.5, 0.6) is 0 Å². The number of aliphatic hydroxyl groups is 1. The monoisotopic (exact) mass is 261 g/mol. The van der Waals surface area contributed by atoms with Crippen LogP contribution in [-0.2, 0) is 11.3 Å². The normalized spacial score (nSPS) is 25.1. The fraction of sp³-hybridized carbons (Fsp3) is 0.636. The average Bonchev–Trinajstić information content (AvgIpc) is 2.86. The second-order valence-electron chi connectivity index (χ2n) is 4.10. The van der Waals surface area contributed by atoms with E-state index in [1.54, 1.807) is 11.3 Å². The summed E-state index contributed by atoms with van der Waals surface area (Å²) in [6.45, 7) is 2.39. The third-order valence-electron chi connectivity index (χ3n) is 3.01. The van der Waals surface area contributed by atoms with Crippen LogP contribution in [0, 0.1) is 0 Å². The highest BCUT2D eigenvalue weighted by Gasteiger charge is 2.33. The smallest absolute Gasteiger partial charge is 0.0650 e. The molecule has 0 bridgehead atoms. The number of halogens is 1. The van der Waals surface area contributed by atoms with Crippen LogP contribution < -0.4 is 5.32 Å². The van der Waals surface area contributed by atoms with E-state index in [1.165, 1.54) is 0 Å². The van der Waals surface area contributed by atoms with Gasteiger partial charge in [0.15, 0.2) is 0 Å². The maximum absolute atomic E-state index is 9.08. The van der Waals surface area contributed by atoms with Crippen molar-refractivity contribution >= 4 is 22.9 Å². The van der Waals surface area contributed by atoms with E-state index in [0.717, 1.165) is 35.9 Å². The predicted molar refractivity (Wildman–Crippen MR) is 66.0 cm³/mol. The van der Waals surface area contributed by atoms with Crippen LogP contribution >= 0.6 is 22.9 Å². The summed E-state index contributed by atoms with van der Waals surface area (Å²) in [5.74, 6) is 0. The van der Waals surface area contributed by atoms with E-state index < -0.39 is 0 Å². The minimum atomic E-state index is -0.0674. The molecule has 1 aromatic rings. The van der Waals surface area contributed by atoms with E-state index in [0.29, 0.717) is 6.61 Å². The molecule has 1 aliphatic rings. The van der Waals surface area contributed by atoms with E-state index in [1.807, 2.05) is 11.4 Å². The second-order valence-corrected chi connectivity index (χ2v) is 5.51. The van der Waals surface area contributed by atoms with Crippen molar-refractivity contribution in [1.82, 2.24) is 5.32 Å². The molecule has 2 N–H and O–H groups in total. The summed E-state index contributed by atoms with van der Waals surface area (Å²) in [6.07, 6.45) is 1.69. The Balaban J connectivity index is 1.94. The average molecular weight is 262 g/mol. The van der Waals surface area contributed by atoms with Gasteiger partial charge < -0.3 is 15.2 Å². The molecule has 1 fully saturated rings. The molecule has 2 rings (SSSR count). The van der Waals surface area contributed by atoms with Crippen molar-refractivity contribution in [2.75, 3.05) is 19.8 Å². The molecule has 0 radical (unpaired) electrons. The molecule has 16 heavy (non-hydrogen) atoms. The SMILES string of the molecule is OCCC1(NCc2sccc2Cl)CCOC1.